The molecule has 0 aromatic heterocycles. The maximum atomic E-state index is 6.27. The molecule has 0 aliphatic carbocycles. The van der Waals surface area contributed by atoms with Gasteiger partial charge in [-0.15, -0.1) is 0 Å². The summed E-state index contributed by atoms with van der Waals surface area (Å²) < 4.78 is 0. The SMILES string of the molecule is CC(C)(N)CC(N)c1cccc2ccccc12. The van der Waals surface area contributed by atoms with Crippen LogP contribution in [0.4, 0.5) is 0 Å². The standard InChI is InChI=1S/C15H20N2/c1-15(2,17)10-14(16)13-9-5-7-11-6-3-4-8-12(11)13/h3-9,14H,10,16-17H2,1-2H3. The normalized spacial score (nSPS) is 13.9. The third-order valence-corrected chi connectivity index (χ3v) is 2.97. The van der Waals surface area contributed by atoms with Crippen molar-refractivity contribution >= 4 is 10.8 Å². The van der Waals surface area contributed by atoms with E-state index >= 15 is 0 Å². The van der Waals surface area contributed by atoms with Gasteiger partial charge in [0.2, 0.25) is 0 Å². The van der Waals surface area contributed by atoms with E-state index in [4.69, 9.17) is 11.5 Å². The predicted octanol–water partition coefficient (Wildman–Crippen LogP) is 2.97. The summed E-state index contributed by atoms with van der Waals surface area (Å²) in [6.07, 6.45) is 0.779. The molecule has 2 aromatic rings. The van der Waals surface area contributed by atoms with E-state index in [1.807, 2.05) is 26.0 Å². The quantitative estimate of drug-likeness (QED) is 0.848. The van der Waals surface area contributed by atoms with Crippen LogP contribution in [0.25, 0.3) is 10.8 Å². The number of benzene rings is 2. The summed E-state index contributed by atoms with van der Waals surface area (Å²) in [5.41, 5.74) is 13.2. The van der Waals surface area contributed by atoms with Crippen molar-refractivity contribution in [3.05, 3.63) is 48.0 Å². The summed E-state index contributed by atoms with van der Waals surface area (Å²) in [5, 5.41) is 2.46. The fourth-order valence-electron chi connectivity index (χ4n) is 2.25. The Morgan fingerprint density at radius 2 is 1.71 bits per heavy atom. The predicted molar refractivity (Wildman–Crippen MR) is 73.8 cm³/mol. The van der Waals surface area contributed by atoms with Gasteiger partial charge in [-0.25, -0.2) is 0 Å². The lowest BCUT2D eigenvalue weighted by Gasteiger charge is -2.24. The Morgan fingerprint density at radius 1 is 1.06 bits per heavy atom. The van der Waals surface area contributed by atoms with Gasteiger partial charge in [-0.05, 0) is 36.6 Å². The molecule has 17 heavy (non-hydrogen) atoms. The minimum absolute atomic E-state index is 0.0129. The van der Waals surface area contributed by atoms with Crippen LogP contribution in [0.1, 0.15) is 31.9 Å². The fourth-order valence-corrected chi connectivity index (χ4v) is 2.25. The van der Waals surface area contributed by atoms with Gasteiger partial charge in [-0.2, -0.15) is 0 Å². The molecule has 0 spiro atoms. The molecule has 0 radical (unpaired) electrons. The highest BCUT2D eigenvalue weighted by Crippen LogP contribution is 2.27. The van der Waals surface area contributed by atoms with Crippen LogP contribution in [0, 0.1) is 0 Å². The van der Waals surface area contributed by atoms with Gasteiger partial charge in [0, 0.05) is 11.6 Å². The molecule has 2 rings (SSSR count). The highest BCUT2D eigenvalue weighted by molar-refractivity contribution is 5.86. The molecule has 0 amide bonds. The van der Waals surface area contributed by atoms with E-state index < -0.39 is 0 Å². The minimum atomic E-state index is -0.240. The minimum Gasteiger partial charge on any atom is -0.325 e. The summed E-state index contributed by atoms with van der Waals surface area (Å²) in [4.78, 5) is 0. The van der Waals surface area contributed by atoms with E-state index in [1.165, 1.54) is 16.3 Å². The smallest absolute Gasteiger partial charge is 0.0318 e. The Bertz CT molecular complexity index is 506. The zero-order valence-electron chi connectivity index (χ0n) is 10.5. The molecule has 0 heterocycles. The third-order valence-electron chi connectivity index (χ3n) is 2.97. The topological polar surface area (TPSA) is 52.0 Å². The Hall–Kier alpha value is -1.38. The molecule has 2 nitrogen and oxygen atoms in total. The van der Waals surface area contributed by atoms with Crippen molar-refractivity contribution in [2.75, 3.05) is 0 Å². The first-order valence-corrected chi connectivity index (χ1v) is 5.99. The molecule has 2 heteroatoms. The van der Waals surface area contributed by atoms with Gasteiger partial charge in [0.05, 0.1) is 0 Å². The van der Waals surface area contributed by atoms with Gasteiger partial charge in [0.25, 0.3) is 0 Å². The Balaban J connectivity index is 2.41. The Morgan fingerprint density at radius 3 is 2.41 bits per heavy atom. The molecule has 0 fully saturated rings. The second-order valence-corrected chi connectivity index (χ2v) is 5.37. The molecule has 90 valence electrons. The van der Waals surface area contributed by atoms with Gasteiger partial charge in [-0.1, -0.05) is 42.5 Å². The first kappa shape index (κ1) is 12.1. The zero-order chi connectivity index (χ0) is 12.5. The van der Waals surface area contributed by atoms with Gasteiger partial charge < -0.3 is 11.5 Å². The van der Waals surface area contributed by atoms with Crippen LogP contribution in [0.15, 0.2) is 42.5 Å². The van der Waals surface area contributed by atoms with Crippen LogP contribution in [-0.2, 0) is 0 Å². The first-order chi connectivity index (χ1) is 7.97. The van der Waals surface area contributed by atoms with Crippen LogP contribution in [0.2, 0.25) is 0 Å². The number of nitrogens with two attached hydrogens (primary N) is 2. The maximum absolute atomic E-state index is 6.27. The molecule has 0 aliphatic rings. The fraction of sp³-hybridized carbons (Fsp3) is 0.333. The molecule has 1 unspecified atom stereocenters. The first-order valence-electron chi connectivity index (χ1n) is 5.99. The van der Waals surface area contributed by atoms with Gasteiger partial charge >= 0.3 is 0 Å². The molecule has 0 saturated carbocycles. The van der Waals surface area contributed by atoms with Gasteiger partial charge in [0.15, 0.2) is 0 Å². The summed E-state index contributed by atoms with van der Waals surface area (Å²) >= 11 is 0. The highest BCUT2D eigenvalue weighted by atomic mass is 14.7. The Labute approximate surface area is 103 Å². The van der Waals surface area contributed by atoms with E-state index in [0.29, 0.717) is 0 Å². The van der Waals surface area contributed by atoms with Crippen molar-refractivity contribution in [1.29, 1.82) is 0 Å². The van der Waals surface area contributed by atoms with Crippen molar-refractivity contribution in [3.63, 3.8) is 0 Å². The van der Waals surface area contributed by atoms with E-state index in [1.54, 1.807) is 0 Å². The number of hydrogen-bond acceptors (Lipinski definition) is 2. The monoisotopic (exact) mass is 228 g/mol. The summed E-state index contributed by atoms with van der Waals surface area (Å²) in [6.45, 7) is 4.02. The molecule has 0 bridgehead atoms. The second kappa shape index (κ2) is 4.47. The van der Waals surface area contributed by atoms with Crippen molar-refractivity contribution in [2.24, 2.45) is 11.5 Å². The zero-order valence-corrected chi connectivity index (χ0v) is 10.5. The highest BCUT2D eigenvalue weighted by Gasteiger charge is 2.18. The molecule has 2 aromatic carbocycles. The van der Waals surface area contributed by atoms with Crippen LogP contribution < -0.4 is 11.5 Å². The van der Waals surface area contributed by atoms with Gasteiger partial charge in [-0.3, -0.25) is 0 Å². The third kappa shape index (κ3) is 2.84. The van der Waals surface area contributed by atoms with E-state index in [2.05, 4.69) is 30.3 Å². The lowest BCUT2D eigenvalue weighted by Crippen LogP contribution is -2.35. The number of hydrogen-bond donors (Lipinski definition) is 2. The molecular weight excluding hydrogens is 208 g/mol. The van der Waals surface area contributed by atoms with Crippen molar-refractivity contribution in [3.8, 4) is 0 Å². The van der Waals surface area contributed by atoms with E-state index in [0.717, 1.165) is 6.42 Å². The lowest BCUT2D eigenvalue weighted by atomic mass is 9.90. The summed E-state index contributed by atoms with van der Waals surface area (Å²) in [7, 11) is 0. The molecule has 1 atom stereocenters. The second-order valence-electron chi connectivity index (χ2n) is 5.37. The van der Waals surface area contributed by atoms with Crippen molar-refractivity contribution in [2.45, 2.75) is 31.8 Å². The van der Waals surface area contributed by atoms with Gasteiger partial charge in [0.1, 0.15) is 0 Å². The number of fused-ring (bicyclic) bond motifs is 1. The average Bonchev–Trinajstić information content (AvgIpc) is 2.26. The molecular formula is C15H20N2. The largest absolute Gasteiger partial charge is 0.325 e. The molecule has 0 saturated heterocycles. The maximum Gasteiger partial charge on any atom is 0.0318 e. The van der Waals surface area contributed by atoms with E-state index in [9.17, 15) is 0 Å². The van der Waals surface area contributed by atoms with Crippen LogP contribution in [-0.4, -0.2) is 5.54 Å². The molecule has 4 N–H and O–H groups in total. The summed E-state index contributed by atoms with van der Waals surface area (Å²) in [5.74, 6) is 0. The van der Waals surface area contributed by atoms with Crippen LogP contribution in [0.5, 0.6) is 0 Å². The molecule has 0 aliphatic heterocycles. The van der Waals surface area contributed by atoms with Crippen LogP contribution in [0.3, 0.4) is 0 Å². The van der Waals surface area contributed by atoms with Crippen molar-refractivity contribution in [1.82, 2.24) is 0 Å². The number of rotatable bonds is 3. The average molecular weight is 228 g/mol. The lowest BCUT2D eigenvalue weighted by molar-refractivity contribution is 0.430. The van der Waals surface area contributed by atoms with Crippen molar-refractivity contribution < 1.29 is 0 Å². The van der Waals surface area contributed by atoms with E-state index in [-0.39, 0.29) is 11.6 Å². The van der Waals surface area contributed by atoms with Crippen LogP contribution >= 0.6 is 0 Å². The Kier molecular flexibility index (Phi) is 3.18. The summed E-state index contributed by atoms with van der Waals surface area (Å²) in [6, 6.07) is 14.6.